The summed E-state index contributed by atoms with van der Waals surface area (Å²) in [4.78, 5) is 11.2. The molecule has 0 heterocycles. The zero-order valence-electron chi connectivity index (χ0n) is 7.36. The molecule has 2 nitrogen and oxygen atoms in total. The van der Waals surface area contributed by atoms with Gasteiger partial charge in [0.25, 0.3) is 0 Å². The molecule has 0 spiro atoms. The van der Waals surface area contributed by atoms with Crippen LogP contribution in [0.25, 0.3) is 0 Å². The first-order valence-corrected chi connectivity index (χ1v) is 4.46. The number of rotatable bonds is 4. The number of hydrogen-bond donors (Lipinski definition) is 1. The number of carbonyl (C=O) groups is 1. The molecular weight excluding hydrogens is 162 g/mol. The fraction of sp³-hybridized carbons (Fsp3) is 0.875. The van der Waals surface area contributed by atoms with Crippen LogP contribution in [0.4, 0.5) is 0 Å². The fourth-order valence-electron chi connectivity index (χ4n) is 0.634. The number of alkyl halides is 1. The number of hydrogen-bond acceptors (Lipinski definition) is 1. The van der Waals surface area contributed by atoms with E-state index in [-0.39, 0.29) is 11.8 Å². The third-order valence-corrected chi connectivity index (χ3v) is 2.00. The van der Waals surface area contributed by atoms with Crippen LogP contribution in [0.3, 0.4) is 0 Å². The minimum Gasteiger partial charge on any atom is -0.355 e. The molecule has 1 atom stereocenters. The first-order valence-electron chi connectivity index (χ1n) is 3.93. The van der Waals surface area contributed by atoms with Crippen molar-refractivity contribution in [2.75, 3.05) is 12.4 Å². The van der Waals surface area contributed by atoms with E-state index in [1.54, 1.807) is 0 Å². The molecule has 0 aliphatic carbocycles. The predicted octanol–water partition coefficient (Wildman–Crippen LogP) is 1.63. The van der Waals surface area contributed by atoms with Crippen LogP contribution in [0.5, 0.6) is 0 Å². The Hall–Kier alpha value is -0.240. The summed E-state index contributed by atoms with van der Waals surface area (Å²) in [6.45, 7) is 6.56. The molecule has 0 rings (SSSR count). The molecule has 0 aromatic heterocycles. The Morgan fingerprint density at radius 2 is 2.00 bits per heavy atom. The Balaban J connectivity index is 3.64. The molecule has 0 radical (unpaired) electrons. The normalized spacial score (nSPS) is 13.2. The van der Waals surface area contributed by atoms with Crippen molar-refractivity contribution in [1.82, 2.24) is 5.32 Å². The Morgan fingerprint density at radius 1 is 1.45 bits per heavy atom. The molecule has 0 saturated carbocycles. The maximum Gasteiger partial charge on any atom is 0.223 e. The first kappa shape index (κ1) is 10.8. The molecule has 0 aromatic rings. The maximum atomic E-state index is 11.2. The lowest BCUT2D eigenvalue weighted by Crippen LogP contribution is -2.32. The van der Waals surface area contributed by atoms with Crippen LogP contribution < -0.4 is 5.32 Å². The minimum atomic E-state index is 0.0817. The predicted molar refractivity (Wildman–Crippen MR) is 47.7 cm³/mol. The van der Waals surface area contributed by atoms with Gasteiger partial charge in [0, 0.05) is 18.3 Å². The van der Waals surface area contributed by atoms with Crippen LogP contribution in [0.1, 0.15) is 20.8 Å². The summed E-state index contributed by atoms with van der Waals surface area (Å²) in [5, 5.41) is 2.74. The van der Waals surface area contributed by atoms with Gasteiger partial charge in [-0.2, -0.15) is 0 Å². The van der Waals surface area contributed by atoms with Crippen molar-refractivity contribution >= 4 is 17.5 Å². The lowest BCUT2D eigenvalue weighted by molar-refractivity contribution is -0.125. The average molecular weight is 178 g/mol. The van der Waals surface area contributed by atoms with Gasteiger partial charge in [0.05, 0.1) is 0 Å². The minimum absolute atomic E-state index is 0.0817. The van der Waals surface area contributed by atoms with Crippen molar-refractivity contribution in [1.29, 1.82) is 0 Å². The highest BCUT2D eigenvalue weighted by atomic mass is 35.5. The smallest absolute Gasteiger partial charge is 0.223 e. The van der Waals surface area contributed by atoms with Gasteiger partial charge in [0.2, 0.25) is 5.91 Å². The van der Waals surface area contributed by atoms with E-state index in [2.05, 4.69) is 5.32 Å². The second-order valence-electron chi connectivity index (χ2n) is 3.01. The lowest BCUT2D eigenvalue weighted by Gasteiger charge is -2.14. The number of amides is 1. The van der Waals surface area contributed by atoms with Crippen molar-refractivity contribution in [3.8, 4) is 0 Å². The Labute approximate surface area is 73.3 Å². The summed E-state index contributed by atoms with van der Waals surface area (Å²) >= 11 is 5.42. The van der Waals surface area contributed by atoms with E-state index in [4.69, 9.17) is 11.6 Å². The Morgan fingerprint density at radius 3 is 2.36 bits per heavy atom. The molecule has 1 N–H and O–H groups in total. The molecule has 11 heavy (non-hydrogen) atoms. The molecule has 0 aliphatic heterocycles. The quantitative estimate of drug-likeness (QED) is 0.650. The molecule has 3 heteroatoms. The van der Waals surface area contributed by atoms with Crippen LogP contribution in [0.15, 0.2) is 0 Å². The van der Waals surface area contributed by atoms with E-state index in [0.29, 0.717) is 18.3 Å². The van der Waals surface area contributed by atoms with Gasteiger partial charge in [-0.3, -0.25) is 4.79 Å². The van der Waals surface area contributed by atoms with Crippen molar-refractivity contribution in [2.45, 2.75) is 20.8 Å². The zero-order chi connectivity index (χ0) is 8.85. The third-order valence-electron chi connectivity index (χ3n) is 1.81. The Bertz CT molecular complexity index is 125. The van der Waals surface area contributed by atoms with Crippen molar-refractivity contribution in [3.05, 3.63) is 0 Å². The van der Waals surface area contributed by atoms with Gasteiger partial charge in [-0.25, -0.2) is 0 Å². The van der Waals surface area contributed by atoms with Gasteiger partial charge in [-0.05, 0) is 5.92 Å². The van der Waals surface area contributed by atoms with Crippen molar-refractivity contribution in [3.63, 3.8) is 0 Å². The van der Waals surface area contributed by atoms with Gasteiger partial charge in [-0.15, -0.1) is 11.6 Å². The standard InChI is InChI=1S/C8H16ClNO/c1-6(2)7(3)8(11)10-5-4-9/h6-7H,4-5H2,1-3H3,(H,10,11). The number of nitrogens with one attached hydrogen (secondary N) is 1. The highest BCUT2D eigenvalue weighted by molar-refractivity contribution is 6.18. The summed E-state index contributed by atoms with van der Waals surface area (Å²) in [5.41, 5.74) is 0. The molecule has 1 amide bonds. The first-order chi connectivity index (χ1) is 5.09. The van der Waals surface area contributed by atoms with Crippen LogP contribution in [-0.4, -0.2) is 18.3 Å². The highest BCUT2D eigenvalue weighted by Crippen LogP contribution is 2.08. The molecule has 0 bridgehead atoms. The van der Waals surface area contributed by atoms with Crippen LogP contribution in [0.2, 0.25) is 0 Å². The van der Waals surface area contributed by atoms with Gasteiger partial charge < -0.3 is 5.32 Å². The maximum absolute atomic E-state index is 11.2. The fourth-order valence-corrected chi connectivity index (χ4v) is 0.729. The lowest BCUT2D eigenvalue weighted by atomic mass is 9.97. The summed E-state index contributed by atoms with van der Waals surface area (Å²) in [6.07, 6.45) is 0. The van der Waals surface area contributed by atoms with E-state index in [1.807, 2.05) is 20.8 Å². The monoisotopic (exact) mass is 177 g/mol. The molecular formula is C8H16ClNO. The topological polar surface area (TPSA) is 29.1 Å². The van der Waals surface area contributed by atoms with Crippen LogP contribution in [0, 0.1) is 11.8 Å². The molecule has 66 valence electrons. The van der Waals surface area contributed by atoms with E-state index < -0.39 is 0 Å². The van der Waals surface area contributed by atoms with E-state index in [9.17, 15) is 4.79 Å². The van der Waals surface area contributed by atoms with Gasteiger partial charge >= 0.3 is 0 Å². The third kappa shape index (κ3) is 4.25. The van der Waals surface area contributed by atoms with Crippen LogP contribution >= 0.6 is 11.6 Å². The second-order valence-corrected chi connectivity index (χ2v) is 3.39. The molecule has 1 unspecified atom stereocenters. The molecule has 0 aromatic carbocycles. The average Bonchev–Trinajstić information content (AvgIpc) is 1.98. The largest absolute Gasteiger partial charge is 0.355 e. The SMILES string of the molecule is CC(C)C(C)C(=O)NCCCl. The Kier molecular flexibility index (Phi) is 5.30. The van der Waals surface area contributed by atoms with Gasteiger partial charge in [0.1, 0.15) is 0 Å². The summed E-state index contributed by atoms with van der Waals surface area (Å²) < 4.78 is 0. The molecule has 0 fully saturated rings. The number of carbonyl (C=O) groups excluding carboxylic acids is 1. The summed E-state index contributed by atoms with van der Waals surface area (Å²) in [6, 6.07) is 0. The highest BCUT2D eigenvalue weighted by Gasteiger charge is 2.15. The second kappa shape index (κ2) is 5.42. The van der Waals surface area contributed by atoms with Gasteiger partial charge in [-0.1, -0.05) is 20.8 Å². The molecule has 0 saturated heterocycles. The van der Waals surface area contributed by atoms with Crippen molar-refractivity contribution in [2.24, 2.45) is 11.8 Å². The van der Waals surface area contributed by atoms with E-state index in [0.717, 1.165) is 0 Å². The zero-order valence-corrected chi connectivity index (χ0v) is 8.11. The summed E-state index contributed by atoms with van der Waals surface area (Å²) in [5.74, 6) is 1.06. The van der Waals surface area contributed by atoms with Crippen LogP contribution in [-0.2, 0) is 4.79 Å². The van der Waals surface area contributed by atoms with E-state index >= 15 is 0 Å². The van der Waals surface area contributed by atoms with Gasteiger partial charge in [0.15, 0.2) is 0 Å². The van der Waals surface area contributed by atoms with Crippen molar-refractivity contribution < 1.29 is 4.79 Å². The number of halogens is 1. The summed E-state index contributed by atoms with van der Waals surface area (Å²) in [7, 11) is 0. The molecule has 0 aliphatic rings. The van der Waals surface area contributed by atoms with E-state index in [1.165, 1.54) is 0 Å².